The molecule has 37 heavy (non-hydrogen) atoms. The lowest BCUT2D eigenvalue weighted by Gasteiger charge is -2.07. The zero-order valence-corrected chi connectivity index (χ0v) is 22.3. The maximum Gasteiger partial charge on any atom is 0.284 e. The van der Waals surface area contributed by atoms with E-state index in [1.807, 2.05) is 71.4 Å². The van der Waals surface area contributed by atoms with E-state index >= 15 is 0 Å². The molecule has 3 heterocycles. The number of para-hydroxylation sites is 1. The molecule has 0 spiro atoms. The zero-order valence-electron chi connectivity index (χ0n) is 20.7. The van der Waals surface area contributed by atoms with Crippen LogP contribution >= 0.6 is 0 Å². The molecule has 0 atom stereocenters. The number of nitrogens with one attached hydrogen (secondary N) is 2. The van der Waals surface area contributed by atoms with Crippen molar-refractivity contribution in [1.82, 2.24) is 4.98 Å². The number of H-pyrrole nitrogens is 1. The molecule has 1 aliphatic rings. The fourth-order valence-corrected chi connectivity index (χ4v) is 5.20. The Labute approximate surface area is 226 Å². The number of carbonyl (C=O) groups excluding carboxylic acids is 2. The first-order chi connectivity index (χ1) is 17.6. The molecular formula is C31H28BrN3O2. The lowest BCUT2D eigenvalue weighted by molar-refractivity contribution is -0.592. The van der Waals surface area contributed by atoms with Gasteiger partial charge >= 0.3 is 0 Å². The standard InChI is InChI=1S/C31H27N3O2.BrH/c1-2-3-4-5-8-20-11-14-22(15-12-20)32-31(36)21-13-16-26-25(19-21)23-17-18-34-27-10-7-6-9-24(27)30(35)29(34)28(23)33-26;/h6-7,9-19H,2-5,8H2,1H3,(H,32,36);1H. The van der Waals surface area contributed by atoms with E-state index in [1.54, 1.807) is 0 Å². The van der Waals surface area contributed by atoms with Crippen LogP contribution < -0.4 is 26.9 Å². The summed E-state index contributed by atoms with van der Waals surface area (Å²) in [5, 5.41) is 4.87. The smallest absolute Gasteiger partial charge is 0.284 e. The van der Waals surface area contributed by atoms with Crippen LogP contribution in [-0.2, 0) is 6.42 Å². The van der Waals surface area contributed by atoms with Crippen LogP contribution in [-0.4, -0.2) is 16.7 Å². The number of aryl methyl sites for hydroxylation is 1. The van der Waals surface area contributed by atoms with Gasteiger partial charge < -0.3 is 27.3 Å². The number of anilines is 1. The molecule has 0 saturated carbocycles. The highest BCUT2D eigenvalue weighted by atomic mass is 79.9. The molecule has 3 aromatic carbocycles. The number of aromatic nitrogens is 2. The average molecular weight is 554 g/mol. The largest absolute Gasteiger partial charge is 1.00 e. The third-order valence-electron chi connectivity index (χ3n) is 7.12. The number of halogens is 1. The van der Waals surface area contributed by atoms with Gasteiger partial charge in [-0.05, 0) is 54.8 Å². The number of pyridine rings is 1. The Morgan fingerprint density at radius 3 is 2.54 bits per heavy atom. The number of hydrogen-bond acceptors (Lipinski definition) is 2. The number of unbranched alkanes of at least 4 members (excludes halogenated alkanes) is 3. The van der Waals surface area contributed by atoms with Gasteiger partial charge in [0.15, 0.2) is 6.20 Å². The predicted molar refractivity (Wildman–Crippen MR) is 143 cm³/mol. The molecule has 0 aliphatic carbocycles. The Kier molecular flexibility index (Phi) is 6.94. The van der Waals surface area contributed by atoms with Crippen LogP contribution in [0.15, 0.2) is 79.0 Å². The second-order valence-corrected chi connectivity index (χ2v) is 9.52. The van der Waals surface area contributed by atoms with Crippen molar-refractivity contribution in [3.8, 4) is 5.69 Å². The number of benzene rings is 3. The van der Waals surface area contributed by atoms with Crippen molar-refractivity contribution < 1.29 is 31.1 Å². The molecular weight excluding hydrogens is 526 g/mol. The summed E-state index contributed by atoms with van der Waals surface area (Å²) in [6, 6.07) is 23.4. The second-order valence-electron chi connectivity index (χ2n) is 9.52. The quantitative estimate of drug-likeness (QED) is 0.234. The van der Waals surface area contributed by atoms with E-state index in [0.717, 1.165) is 39.6 Å². The van der Waals surface area contributed by atoms with Gasteiger partial charge in [0.1, 0.15) is 11.1 Å². The molecule has 0 bridgehead atoms. The Morgan fingerprint density at radius 2 is 1.73 bits per heavy atom. The van der Waals surface area contributed by atoms with Crippen LogP contribution in [0.2, 0.25) is 0 Å². The summed E-state index contributed by atoms with van der Waals surface area (Å²) in [5.41, 5.74) is 6.58. The summed E-state index contributed by atoms with van der Waals surface area (Å²) in [5.74, 6) is -0.143. The van der Waals surface area contributed by atoms with Crippen molar-refractivity contribution in [2.24, 2.45) is 0 Å². The van der Waals surface area contributed by atoms with Gasteiger partial charge in [0.25, 0.3) is 17.4 Å². The molecule has 0 saturated heterocycles. The molecule has 0 fully saturated rings. The fraction of sp³-hybridized carbons (Fsp3) is 0.194. The lowest BCUT2D eigenvalue weighted by Crippen LogP contribution is -3.00. The number of nitrogens with zero attached hydrogens (tertiary/aromatic N) is 1. The van der Waals surface area contributed by atoms with Crippen molar-refractivity contribution in [3.05, 3.63) is 101 Å². The summed E-state index contributed by atoms with van der Waals surface area (Å²) in [6.45, 7) is 2.22. The number of amides is 1. The molecule has 0 radical (unpaired) electrons. The Balaban J connectivity index is 0.00000280. The highest BCUT2D eigenvalue weighted by molar-refractivity contribution is 6.21. The van der Waals surface area contributed by atoms with Crippen molar-refractivity contribution in [1.29, 1.82) is 0 Å². The first-order valence-electron chi connectivity index (χ1n) is 12.7. The molecule has 6 heteroatoms. The van der Waals surface area contributed by atoms with E-state index in [2.05, 4.69) is 29.4 Å². The zero-order chi connectivity index (χ0) is 24.6. The number of carbonyl (C=O) groups is 2. The number of rotatable bonds is 7. The van der Waals surface area contributed by atoms with Crippen LogP contribution in [0.3, 0.4) is 0 Å². The number of aromatic amines is 1. The summed E-state index contributed by atoms with van der Waals surface area (Å²) >= 11 is 0. The molecule has 5 aromatic rings. The second kappa shape index (κ2) is 10.3. The minimum atomic E-state index is -0.152. The lowest BCUT2D eigenvalue weighted by atomic mass is 10.1. The first-order valence-corrected chi connectivity index (χ1v) is 12.7. The fourth-order valence-electron chi connectivity index (χ4n) is 5.20. The van der Waals surface area contributed by atoms with Crippen LogP contribution in [0, 0.1) is 0 Å². The van der Waals surface area contributed by atoms with Crippen LogP contribution in [0.1, 0.15) is 64.6 Å². The van der Waals surface area contributed by atoms with Crippen molar-refractivity contribution in [2.45, 2.75) is 39.0 Å². The van der Waals surface area contributed by atoms with Gasteiger partial charge in [-0.2, -0.15) is 4.57 Å². The van der Waals surface area contributed by atoms with Crippen molar-refractivity contribution in [2.75, 3.05) is 5.32 Å². The van der Waals surface area contributed by atoms with Gasteiger partial charge in [-0.25, -0.2) is 0 Å². The molecule has 2 N–H and O–H groups in total. The van der Waals surface area contributed by atoms with Gasteiger partial charge in [0.2, 0.25) is 5.69 Å². The summed E-state index contributed by atoms with van der Waals surface area (Å²) < 4.78 is 1.94. The maximum atomic E-state index is 13.2. The Morgan fingerprint density at radius 1 is 0.919 bits per heavy atom. The number of ketones is 1. The molecule has 1 aliphatic heterocycles. The molecule has 2 aromatic heterocycles. The maximum absolute atomic E-state index is 13.2. The topological polar surface area (TPSA) is 65.8 Å². The van der Waals surface area contributed by atoms with E-state index in [0.29, 0.717) is 16.8 Å². The van der Waals surface area contributed by atoms with E-state index in [1.165, 1.54) is 31.2 Å². The van der Waals surface area contributed by atoms with E-state index in [9.17, 15) is 9.59 Å². The number of hydrogen-bond donors (Lipinski definition) is 2. The van der Waals surface area contributed by atoms with Gasteiger partial charge in [-0.3, -0.25) is 9.59 Å². The van der Waals surface area contributed by atoms with Gasteiger partial charge in [0, 0.05) is 39.7 Å². The van der Waals surface area contributed by atoms with Crippen molar-refractivity contribution >= 4 is 39.2 Å². The van der Waals surface area contributed by atoms with E-state index in [4.69, 9.17) is 0 Å². The predicted octanol–water partition coefficient (Wildman–Crippen LogP) is 3.52. The monoisotopic (exact) mass is 553 g/mol. The first kappa shape index (κ1) is 24.9. The molecule has 186 valence electrons. The van der Waals surface area contributed by atoms with Crippen LogP contribution in [0.25, 0.3) is 27.5 Å². The van der Waals surface area contributed by atoms with Crippen LogP contribution in [0.4, 0.5) is 5.69 Å². The highest BCUT2D eigenvalue weighted by Gasteiger charge is 2.38. The van der Waals surface area contributed by atoms with E-state index in [-0.39, 0.29) is 28.7 Å². The summed E-state index contributed by atoms with van der Waals surface area (Å²) in [7, 11) is 0. The third kappa shape index (κ3) is 4.46. The SMILES string of the molecule is CCCCCCc1ccc(NC(=O)c2ccc3[nH]c4c5[n+](ccc4c3c2)-c2ccccc2C5=O)cc1.[Br-]. The third-order valence-corrected chi connectivity index (χ3v) is 7.12. The summed E-state index contributed by atoms with van der Waals surface area (Å²) in [4.78, 5) is 29.6. The molecule has 5 nitrogen and oxygen atoms in total. The normalized spacial score (nSPS) is 11.9. The Bertz CT molecular complexity index is 1640. The van der Waals surface area contributed by atoms with Crippen molar-refractivity contribution in [3.63, 3.8) is 0 Å². The van der Waals surface area contributed by atoms with Crippen LogP contribution in [0.5, 0.6) is 0 Å². The molecule has 1 amide bonds. The van der Waals surface area contributed by atoms with Gasteiger partial charge in [-0.15, -0.1) is 0 Å². The van der Waals surface area contributed by atoms with Gasteiger partial charge in [-0.1, -0.05) is 50.5 Å². The minimum absolute atomic E-state index is 0. The van der Waals surface area contributed by atoms with Gasteiger partial charge in [0.05, 0.1) is 0 Å². The molecule has 6 rings (SSSR count). The minimum Gasteiger partial charge on any atom is -1.00 e. The average Bonchev–Trinajstić information content (AvgIpc) is 3.42. The highest BCUT2D eigenvalue weighted by Crippen LogP contribution is 2.31. The Hall–Kier alpha value is -3.77. The molecule has 0 unspecified atom stereocenters. The van der Waals surface area contributed by atoms with E-state index < -0.39 is 0 Å². The summed E-state index contributed by atoms with van der Waals surface area (Å²) in [6.07, 6.45) is 7.98. The number of fused-ring (bicyclic) bond motifs is 7.